The number of hydrogen-bond donors (Lipinski definition) is 0. The molecule has 2 aromatic rings. The van der Waals surface area contributed by atoms with Crippen molar-refractivity contribution in [3.8, 4) is 17.1 Å². The molecule has 0 radical (unpaired) electrons. The van der Waals surface area contributed by atoms with Crippen LogP contribution in [0.1, 0.15) is 19.7 Å². The van der Waals surface area contributed by atoms with Crippen molar-refractivity contribution < 1.29 is 9.13 Å². The third-order valence-electron chi connectivity index (χ3n) is 2.91. The van der Waals surface area contributed by atoms with Crippen LogP contribution in [0.3, 0.4) is 0 Å². The van der Waals surface area contributed by atoms with E-state index in [1.807, 2.05) is 4.57 Å². The first-order valence-electron chi connectivity index (χ1n) is 6.38. The molecule has 1 aromatic carbocycles. The second-order valence-corrected chi connectivity index (χ2v) is 5.19. The summed E-state index contributed by atoms with van der Waals surface area (Å²) >= 11 is 5.87. The van der Waals surface area contributed by atoms with Gasteiger partial charge in [-0.2, -0.15) is 0 Å². The van der Waals surface area contributed by atoms with Crippen molar-refractivity contribution in [3.63, 3.8) is 0 Å². The van der Waals surface area contributed by atoms with Crippen LogP contribution in [0.5, 0.6) is 5.75 Å². The summed E-state index contributed by atoms with van der Waals surface area (Å²) in [5.41, 5.74) is 0.398. The Bertz CT molecular complexity index is 598. The van der Waals surface area contributed by atoms with Crippen LogP contribution in [-0.4, -0.2) is 21.9 Å². The van der Waals surface area contributed by atoms with E-state index in [9.17, 15) is 4.39 Å². The molecule has 1 heterocycles. The molecule has 0 fully saturated rings. The number of benzene rings is 1. The Morgan fingerprint density at radius 1 is 1.35 bits per heavy atom. The zero-order valence-electron chi connectivity index (χ0n) is 11.7. The predicted molar refractivity (Wildman–Crippen MR) is 76.4 cm³/mol. The van der Waals surface area contributed by atoms with Gasteiger partial charge in [0.1, 0.15) is 17.4 Å². The maximum Gasteiger partial charge on any atom is 0.166 e. The Balaban J connectivity index is 2.49. The van der Waals surface area contributed by atoms with Crippen LogP contribution in [-0.2, 0) is 12.4 Å². The van der Waals surface area contributed by atoms with E-state index in [4.69, 9.17) is 16.3 Å². The third kappa shape index (κ3) is 2.93. The Hall–Kier alpha value is -1.62. The molecule has 0 atom stereocenters. The van der Waals surface area contributed by atoms with Crippen molar-refractivity contribution in [1.82, 2.24) is 14.8 Å². The summed E-state index contributed by atoms with van der Waals surface area (Å²) in [5.74, 6) is 1.85. The van der Waals surface area contributed by atoms with Crippen molar-refractivity contribution in [3.05, 3.63) is 29.8 Å². The lowest BCUT2D eigenvalue weighted by atomic mass is 10.1. The van der Waals surface area contributed by atoms with Gasteiger partial charge >= 0.3 is 0 Å². The molecule has 6 heteroatoms. The normalized spacial score (nSPS) is 11.1. The Morgan fingerprint density at radius 3 is 2.65 bits per heavy atom. The molecule has 0 amide bonds. The fourth-order valence-corrected chi connectivity index (χ4v) is 2.19. The van der Waals surface area contributed by atoms with Crippen LogP contribution in [0.2, 0.25) is 0 Å². The molecule has 0 saturated carbocycles. The first-order valence-corrected chi connectivity index (χ1v) is 6.92. The summed E-state index contributed by atoms with van der Waals surface area (Å²) in [6.07, 6.45) is 0. The molecule has 0 aliphatic heterocycles. The van der Waals surface area contributed by atoms with E-state index in [1.165, 1.54) is 13.2 Å². The van der Waals surface area contributed by atoms with Crippen LogP contribution >= 0.6 is 11.6 Å². The zero-order valence-corrected chi connectivity index (χ0v) is 12.5. The first kappa shape index (κ1) is 14.8. The maximum atomic E-state index is 14.2. The fraction of sp³-hybridized carbons (Fsp3) is 0.429. The molecule has 4 nitrogen and oxygen atoms in total. The molecule has 2 rings (SSSR count). The summed E-state index contributed by atoms with van der Waals surface area (Å²) < 4.78 is 21.0. The fourth-order valence-electron chi connectivity index (χ4n) is 1.99. The number of ether oxygens (including phenoxy) is 1. The second-order valence-electron chi connectivity index (χ2n) is 4.92. The minimum Gasteiger partial charge on any atom is -0.497 e. The highest BCUT2D eigenvalue weighted by Gasteiger charge is 2.17. The maximum absolute atomic E-state index is 14.2. The highest BCUT2D eigenvalue weighted by atomic mass is 35.5. The number of halogens is 2. The van der Waals surface area contributed by atoms with E-state index >= 15 is 0 Å². The summed E-state index contributed by atoms with van der Waals surface area (Å²) in [6, 6.07) is 4.68. The lowest BCUT2D eigenvalue weighted by Gasteiger charge is -2.12. The number of alkyl halides is 1. The molecule has 1 aromatic heterocycles. The molecule has 0 unspecified atom stereocenters. The zero-order chi connectivity index (χ0) is 14.7. The Labute approximate surface area is 122 Å². The monoisotopic (exact) mass is 297 g/mol. The van der Waals surface area contributed by atoms with Crippen LogP contribution in [0.15, 0.2) is 18.2 Å². The van der Waals surface area contributed by atoms with Crippen LogP contribution in [0.4, 0.5) is 4.39 Å². The topological polar surface area (TPSA) is 39.9 Å². The number of rotatable bonds is 5. The van der Waals surface area contributed by atoms with Gasteiger partial charge in [-0.3, -0.25) is 0 Å². The van der Waals surface area contributed by atoms with Crippen molar-refractivity contribution in [2.24, 2.45) is 5.92 Å². The number of nitrogens with zero attached hydrogens (tertiary/aromatic N) is 3. The molecule has 108 valence electrons. The minimum atomic E-state index is -0.386. The molecule has 0 saturated heterocycles. The summed E-state index contributed by atoms with van der Waals surface area (Å²) in [7, 11) is 1.50. The highest BCUT2D eigenvalue weighted by molar-refractivity contribution is 6.16. The van der Waals surface area contributed by atoms with E-state index in [1.54, 1.807) is 12.1 Å². The highest BCUT2D eigenvalue weighted by Crippen LogP contribution is 2.26. The number of aromatic nitrogens is 3. The van der Waals surface area contributed by atoms with Gasteiger partial charge in [-0.25, -0.2) is 4.39 Å². The van der Waals surface area contributed by atoms with E-state index < -0.39 is 0 Å². The minimum absolute atomic E-state index is 0.248. The van der Waals surface area contributed by atoms with Gasteiger partial charge < -0.3 is 9.30 Å². The van der Waals surface area contributed by atoms with Gasteiger partial charge in [-0.15, -0.1) is 21.8 Å². The van der Waals surface area contributed by atoms with Gasteiger partial charge in [-0.1, -0.05) is 13.8 Å². The van der Waals surface area contributed by atoms with Gasteiger partial charge in [0.2, 0.25) is 0 Å². The third-order valence-corrected chi connectivity index (χ3v) is 3.15. The molecular weight excluding hydrogens is 281 g/mol. The van der Waals surface area contributed by atoms with E-state index in [-0.39, 0.29) is 11.7 Å². The average molecular weight is 298 g/mol. The number of methoxy groups -OCH3 is 1. The average Bonchev–Trinajstić information content (AvgIpc) is 2.80. The molecule has 0 aliphatic carbocycles. The lowest BCUT2D eigenvalue weighted by molar-refractivity contribution is 0.411. The lowest BCUT2D eigenvalue weighted by Crippen LogP contribution is -2.10. The molecular formula is C14H17ClFN3O. The Kier molecular flexibility index (Phi) is 4.60. The first-order chi connectivity index (χ1) is 9.56. The van der Waals surface area contributed by atoms with Gasteiger partial charge in [0.05, 0.1) is 18.6 Å². The molecule has 0 bridgehead atoms. The molecule has 0 N–H and O–H groups in total. The van der Waals surface area contributed by atoms with Crippen molar-refractivity contribution in [1.29, 1.82) is 0 Å². The second kappa shape index (κ2) is 6.22. The van der Waals surface area contributed by atoms with Crippen molar-refractivity contribution in [2.45, 2.75) is 26.3 Å². The Morgan fingerprint density at radius 2 is 2.10 bits per heavy atom. The SMILES string of the molecule is COc1ccc(-c2nnc(CCl)n2CC(C)C)c(F)c1. The molecule has 0 aliphatic rings. The predicted octanol–water partition coefficient (Wildman–Crippen LogP) is 3.49. The van der Waals surface area contributed by atoms with Crippen LogP contribution < -0.4 is 4.74 Å². The smallest absolute Gasteiger partial charge is 0.166 e. The van der Waals surface area contributed by atoms with Crippen molar-refractivity contribution >= 4 is 11.6 Å². The summed E-state index contributed by atoms with van der Waals surface area (Å²) in [5, 5.41) is 8.11. The summed E-state index contributed by atoms with van der Waals surface area (Å²) in [6.45, 7) is 4.84. The van der Waals surface area contributed by atoms with E-state index in [2.05, 4.69) is 24.0 Å². The molecule has 0 spiro atoms. The van der Waals surface area contributed by atoms with Crippen LogP contribution in [0.25, 0.3) is 11.4 Å². The van der Waals surface area contributed by atoms with Gasteiger partial charge in [0.15, 0.2) is 5.82 Å². The largest absolute Gasteiger partial charge is 0.497 e. The van der Waals surface area contributed by atoms with Gasteiger partial charge in [-0.05, 0) is 18.1 Å². The van der Waals surface area contributed by atoms with Gasteiger partial charge in [0.25, 0.3) is 0 Å². The van der Waals surface area contributed by atoms with E-state index in [0.717, 1.165) is 0 Å². The van der Waals surface area contributed by atoms with Crippen LogP contribution in [0, 0.1) is 11.7 Å². The molecule has 20 heavy (non-hydrogen) atoms. The number of hydrogen-bond acceptors (Lipinski definition) is 3. The quantitative estimate of drug-likeness (QED) is 0.793. The summed E-state index contributed by atoms with van der Waals surface area (Å²) in [4.78, 5) is 0. The van der Waals surface area contributed by atoms with Gasteiger partial charge in [0, 0.05) is 12.6 Å². The standard InChI is InChI=1S/C14H17ClFN3O/c1-9(2)8-19-13(7-15)17-18-14(19)11-5-4-10(20-3)6-12(11)16/h4-6,9H,7-8H2,1-3H3. The van der Waals surface area contributed by atoms with E-state index in [0.29, 0.717) is 35.4 Å². The van der Waals surface area contributed by atoms with Crippen molar-refractivity contribution in [2.75, 3.05) is 7.11 Å².